The van der Waals surface area contributed by atoms with E-state index in [1.807, 2.05) is 0 Å². The van der Waals surface area contributed by atoms with Gasteiger partial charge in [-0.05, 0) is 102 Å². The van der Waals surface area contributed by atoms with Crippen molar-refractivity contribution in [3.05, 3.63) is 174 Å². The molecule has 0 saturated heterocycles. The highest BCUT2D eigenvalue weighted by molar-refractivity contribution is 5.78. The van der Waals surface area contributed by atoms with Gasteiger partial charge in [0.2, 0.25) is 0 Å². The molecule has 0 N–H and O–H groups in total. The molecule has 0 aliphatic carbocycles. The predicted octanol–water partition coefficient (Wildman–Crippen LogP) is 10.8. The molecule has 6 aromatic carbocycles. The second-order valence-corrected chi connectivity index (χ2v) is 10.5. The van der Waals surface area contributed by atoms with Crippen molar-refractivity contribution in [3.63, 3.8) is 0 Å². The molecule has 2 nitrogen and oxygen atoms in total. The molecule has 0 saturated carbocycles. The molecule has 41 heavy (non-hydrogen) atoms. The van der Waals surface area contributed by atoms with Crippen LogP contribution in [0.4, 0.5) is 28.4 Å². The average Bonchev–Trinajstić information content (AvgIpc) is 3.02. The van der Waals surface area contributed by atoms with E-state index >= 15 is 0 Å². The normalized spacial score (nSPS) is 10.8. The summed E-state index contributed by atoms with van der Waals surface area (Å²) in [4.78, 5) is 4.68. The molecule has 0 aliphatic rings. The molecule has 0 bridgehead atoms. The van der Waals surface area contributed by atoms with Crippen molar-refractivity contribution in [2.45, 2.75) is 20.4 Å². The summed E-state index contributed by atoms with van der Waals surface area (Å²) in [6.07, 6.45) is 0. The molecule has 0 amide bonds. The molecule has 6 rings (SSSR count). The van der Waals surface area contributed by atoms with Crippen molar-refractivity contribution in [3.8, 4) is 11.1 Å². The molecule has 2 heteroatoms. The lowest BCUT2D eigenvalue weighted by Crippen LogP contribution is -2.16. The summed E-state index contributed by atoms with van der Waals surface area (Å²) in [5.41, 5.74) is 12.0. The quantitative estimate of drug-likeness (QED) is 0.193. The zero-order chi connectivity index (χ0) is 28.0. The molecular formula is C39H34N2. The summed E-state index contributed by atoms with van der Waals surface area (Å²) >= 11 is 0. The molecule has 0 atom stereocenters. The van der Waals surface area contributed by atoms with Crippen LogP contribution in [0.3, 0.4) is 0 Å². The first-order valence-electron chi connectivity index (χ1n) is 14.1. The summed E-state index contributed by atoms with van der Waals surface area (Å²) in [6, 6.07) is 56.4. The Balaban J connectivity index is 1.26. The highest BCUT2D eigenvalue weighted by Gasteiger charge is 2.13. The van der Waals surface area contributed by atoms with Gasteiger partial charge in [0, 0.05) is 35.0 Å². The van der Waals surface area contributed by atoms with Gasteiger partial charge >= 0.3 is 0 Å². The van der Waals surface area contributed by atoms with Crippen molar-refractivity contribution in [2.75, 3.05) is 9.80 Å². The number of aryl methyl sites for hydroxylation is 2. The minimum atomic E-state index is 0.801. The SMILES string of the molecule is Cc1cccc(N(Cc2ccc(-c3ccc(N(c4ccccc4)c4cccc(C)c4)cc3)cc2)c2ccccc2)c1. The largest absolute Gasteiger partial charge is 0.337 e. The Morgan fingerprint density at radius 1 is 0.390 bits per heavy atom. The molecule has 200 valence electrons. The third-order valence-corrected chi connectivity index (χ3v) is 7.41. The van der Waals surface area contributed by atoms with Crippen molar-refractivity contribution in [1.82, 2.24) is 0 Å². The lowest BCUT2D eigenvalue weighted by atomic mass is 10.0. The highest BCUT2D eigenvalue weighted by atomic mass is 15.1. The number of hydrogen-bond donors (Lipinski definition) is 0. The molecule has 0 aliphatic heterocycles. The van der Waals surface area contributed by atoms with Crippen LogP contribution in [-0.4, -0.2) is 0 Å². The van der Waals surface area contributed by atoms with E-state index in [-0.39, 0.29) is 0 Å². The smallest absolute Gasteiger partial charge is 0.0481 e. The highest BCUT2D eigenvalue weighted by Crippen LogP contribution is 2.36. The van der Waals surface area contributed by atoms with Gasteiger partial charge in [-0.3, -0.25) is 0 Å². The molecule has 0 radical (unpaired) electrons. The van der Waals surface area contributed by atoms with Gasteiger partial charge in [-0.15, -0.1) is 0 Å². The first-order chi connectivity index (χ1) is 20.1. The summed E-state index contributed by atoms with van der Waals surface area (Å²) in [5, 5.41) is 0. The Kier molecular flexibility index (Phi) is 7.64. The van der Waals surface area contributed by atoms with E-state index in [4.69, 9.17) is 0 Å². The zero-order valence-electron chi connectivity index (χ0n) is 23.6. The van der Waals surface area contributed by atoms with E-state index in [9.17, 15) is 0 Å². The van der Waals surface area contributed by atoms with Crippen LogP contribution in [0.5, 0.6) is 0 Å². The van der Waals surface area contributed by atoms with Gasteiger partial charge in [-0.25, -0.2) is 0 Å². The molecule has 6 aromatic rings. The number of nitrogens with zero attached hydrogens (tertiary/aromatic N) is 2. The fourth-order valence-corrected chi connectivity index (χ4v) is 5.31. The lowest BCUT2D eigenvalue weighted by Gasteiger charge is -2.26. The van der Waals surface area contributed by atoms with E-state index in [0.29, 0.717) is 0 Å². The first kappa shape index (κ1) is 26.2. The molecule has 0 spiro atoms. The van der Waals surface area contributed by atoms with E-state index in [0.717, 1.165) is 23.6 Å². The van der Waals surface area contributed by atoms with Gasteiger partial charge in [0.25, 0.3) is 0 Å². The fraction of sp³-hybridized carbons (Fsp3) is 0.0769. The Morgan fingerprint density at radius 2 is 0.854 bits per heavy atom. The van der Waals surface area contributed by atoms with Crippen LogP contribution in [0.1, 0.15) is 16.7 Å². The molecule has 0 heterocycles. The van der Waals surface area contributed by atoms with E-state index in [1.165, 1.54) is 39.2 Å². The number of rotatable bonds is 8. The Hall–Kier alpha value is -5.08. The minimum absolute atomic E-state index is 0.801. The molecule has 0 fully saturated rings. The van der Waals surface area contributed by atoms with Gasteiger partial charge in [-0.2, -0.15) is 0 Å². The van der Waals surface area contributed by atoms with Crippen LogP contribution in [0.2, 0.25) is 0 Å². The Bertz CT molecular complexity index is 1710. The van der Waals surface area contributed by atoms with Crippen LogP contribution in [-0.2, 0) is 6.54 Å². The number of benzene rings is 6. The van der Waals surface area contributed by atoms with Crippen molar-refractivity contribution >= 4 is 28.4 Å². The van der Waals surface area contributed by atoms with Crippen molar-refractivity contribution < 1.29 is 0 Å². The van der Waals surface area contributed by atoms with Crippen LogP contribution in [0.15, 0.2) is 158 Å². The average molecular weight is 531 g/mol. The minimum Gasteiger partial charge on any atom is -0.337 e. The second kappa shape index (κ2) is 12.0. The van der Waals surface area contributed by atoms with E-state index in [1.54, 1.807) is 0 Å². The van der Waals surface area contributed by atoms with Crippen LogP contribution >= 0.6 is 0 Å². The molecule has 0 unspecified atom stereocenters. The number of hydrogen-bond acceptors (Lipinski definition) is 2. The van der Waals surface area contributed by atoms with Gasteiger partial charge in [0.05, 0.1) is 0 Å². The van der Waals surface area contributed by atoms with Gasteiger partial charge in [0.15, 0.2) is 0 Å². The summed E-state index contributed by atoms with van der Waals surface area (Å²) in [7, 11) is 0. The maximum Gasteiger partial charge on any atom is 0.0481 e. The topological polar surface area (TPSA) is 6.48 Å². The van der Waals surface area contributed by atoms with Crippen molar-refractivity contribution in [1.29, 1.82) is 0 Å². The van der Waals surface area contributed by atoms with Crippen LogP contribution in [0.25, 0.3) is 11.1 Å². The number of anilines is 5. The van der Waals surface area contributed by atoms with E-state index in [2.05, 4.69) is 181 Å². The Morgan fingerprint density at radius 3 is 1.44 bits per heavy atom. The Labute approximate surface area is 243 Å². The first-order valence-corrected chi connectivity index (χ1v) is 14.1. The summed E-state index contributed by atoms with van der Waals surface area (Å²) < 4.78 is 0. The number of para-hydroxylation sites is 2. The second-order valence-electron chi connectivity index (χ2n) is 10.5. The van der Waals surface area contributed by atoms with E-state index < -0.39 is 0 Å². The standard InChI is InChI=1S/C39H34N2/c1-30-11-9-17-38(27-30)40(35-13-5-3-6-14-35)29-32-19-21-33(22-20-32)34-23-25-37(26-24-34)41(36-15-7-4-8-16-36)39-18-10-12-31(2)28-39/h3-28H,29H2,1-2H3. The zero-order valence-corrected chi connectivity index (χ0v) is 23.6. The maximum atomic E-state index is 2.38. The third kappa shape index (κ3) is 6.08. The van der Waals surface area contributed by atoms with Crippen molar-refractivity contribution in [2.24, 2.45) is 0 Å². The lowest BCUT2D eigenvalue weighted by molar-refractivity contribution is 0.974. The summed E-state index contributed by atoms with van der Waals surface area (Å²) in [6.45, 7) is 5.08. The van der Waals surface area contributed by atoms with Gasteiger partial charge in [0.1, 0.15) is 0 Å². The monoisotopic (exact) mass is 530 g/mol. The molecule has 0 aromatic heterocycles. The van der Waals surface area contributed by atoms with Gasteiger partial charge in [-0.1, -0.05) is 97.1 Å². The van der Waals surface area contributed by atoms with Gasteiger partial charge < -0.3 is 9.80 Å². The van der Waals surface area contributed by atoms with Crippen LogP contribution < -0.4 is 9.80 Å². The van der Waals surface area contributed by atoms with Crippen LogP contribution in [0, 0.1) is 13.8 Å². The fourth-order valence-electron chi connectivity index (χ4n) is 5.31. The molecular weight excluding hydrogens is 496 g/mol. The predicted molar refractivity (Wildman–Crippen MR) is 175 cm³/mol. The maximum absolute atomic E-state index is 2.38. The summed E-state index contributed by atoms with van der Waals surface area (Å²) in [5.74, 6) is 0. The third-order valence-electron chi connectivity index (χ3n) is 7.41.